The van der Waals surface area contributed by atoms with Crippen LogP contribution >= 0.6 is 0 Å². The summed E-state index contributed by atoms with van der Waals surface area (Å²) in [6.07, 6.45) is 0. The van der Waals surface area contributed by atoms with E-state index in [4.69, 9.17) is 9.47 Å². The molecule has 18 heavy (non-hydrogen) atoms. The quantitative estimate of drug-likeness (QED) is 0.808. The summed E-state index contributed by atoms with van der Waals surface area (Å²) in [5.74, 6) is 0.978. The standard InChI is InChI=1S/C15H25NO2/c1-6-16-14(9-17-5)10-18-15-8-11(2)7-12(3)13(15)4/h7-8,14,16H,6,9-10H2,1-5H3. The van der Waals surface area contributed by atoms with E-state index >= 15 is 0 Å². The molecule has 0 aliphatic heterocycles. The van der Waals surface area contributed by atoms with Crippen molar-refractivity contribution in [1.29, 1.82) is 0 Å². The van der Waals surface area contributed by atoms with Crippen molar-refractivity contribution in [3.63, 3.8) is 0 Å². The molecule has 0 aromatic heterocycles. The molecule has 0 aliphatic rings. The number of rotatable bonds is 7. The van der Waals surface area contributed by atoms with Gasteiger partial charge in [-0.15, -0.1) is 0 Å². The lowest BCUT2D eigenvalue weighted by atomic mass is 10.1. The molecule has 0 heterocycles. The van der Waals surface area contributed by atoms with Gasteiger partial charge in [-0.2, -0.15) is 0 Å². The molecule has 0 spiro atoms. The van der Waals surface area contributed by atoms with E-state index in [2.05, 4.69) is 45.1 Å². The minimum atomic E-state index is 0.236. The van der Waals surface area contributed by atoms with E-state index in [0.29, 0.717) is 13.2 Å². The second-order valence-electron chi connectivity index (χ2n) is 4.73. The van der Waals surface area contributed by atoms with E-state index in [-0.39, 0.29) is 6.04 Å². The minimum Gasteiger partial charge on any atom is -0.492 e. The molecule has 1 atom stereocenters. The van der Waals surface area contributed by atoms with E-state index < -0.39 is 0 Å². The predicted molar refractivity (Wildman–Crippen MR) is 75.5 cm³/mol. The van der Waals surface area contributed by atoms with Gasteiger partial charge in [-0.3, -0.25) is 0 Å². The van der Waals surface area contributed by atoms with Crippen LogP contribution in [0.2, 0.25) is 0 Å². The summed E-state index contributed by atoms with van der Waals surface area (Å²) < 4.78 is 11.1. The Morgan fingerprint density at radius 2 is 1.89 bits per heavy atom. The smallest absolute Gasteiger partial charge is 0.122 e. The highest BCUT2D eigenvalue weighted by molar-refractivity contribution is 5.41. The first-order valence-electron chi connectivity index (χ1n) is 6.51. The molecular weight excluding hydrogens is 226 g/mol. The Hall–Kier alpha value is -1.06. The van der Waals surface area contributed by atoms with Crippen LogP contribution in [0.3, 0.4) is 0 Å². The molecule has 1 aromatic carbocycles. The highest BCUT2D eigenvalue weighted by atomic mass is 16.5. The third-order valence-corrected chi connectivity index (χ3v) is 3.06. The van der Waals surface area contributed by atoms with Gasteiger partial charge in [0, 0.05) is 7.11 Å². The van der Waals surface area contributed by atoms with Crippen molar-refractivity contribution in [2.24, 2.45) is 0 Å². The number of likely N-dealkylation sites (N-methyl/N-ethyl adjacent to an activating group) is 1. The topological polar surface area (TPSA) is 30.5 Å². The summed E-state index contributed by atoms with van der Waals surface area (Å²) in [5.41, 5.74) is 3.73. The van der Waals surface area contributed by atoms with Crippen LogP contribution in [0.4, 0.5) is 0 Å². The lowest BCUT2D eigenvalue weighted by Crippen LogP contribution is -2.38. The van der Waals surface area contributed by atoms with Crippen LogP contribution in [0.15, 0.2) is 12.1 Å². The Kier molecular flexibility index (Phi) is 6.16. The maximum absolute atomic E-state index is 5.92. The average molecular weight is 251 g/mol. The molecule has 1 N–H and O–H groups in total. The molecule has 0 radical (unpaired) electrons. The van der Waals surface area contributed by atoms with Crippen LogP contribution in [0, 0.1) is 20.8 Å². The van der Waals surface area contributed by atoms with Gasteiger partial charge in [0.05, 0.1) is 12.6 Å². The fraction of sp³-hybridized carbons (Fsp3) is 0.600. The molecule has 3 heteroatoms. The van der Waals surface area contributed by atoms with Gasteiger partial charge in [0.1, 0.15) is 12.4 Å². The van der Waals surface area contributed by atoms with E-state index in [1.807, 2.05) is 0 Å². The molecule has 0 fully saturated rings. The SMILES string of the molecule is CCNC(COC)COc1cc(C)cc(C)c1C. The Labute approximate surface area is 110 Å². The van der Waals surface area contributed by atoms with Gasteiger partial charge in [0.15, 0.2) is 0 Å². The first-order valence-corrected chi connectivity index (χ1v) is 6.51. The highest BCUT2D eigenvalue weighted by Gasteiger charge is 2.10. The van der Waals surface area contributed by atoms with Gasteiger partial charge < -0.3 is 14.8 Å². The number of hydrogen-bond acceptors (Lipinski definition) is 3. The van der Waals surface area contributed by atoms with Crippen LogP contribution in [0.5, 0.6) is 5.75 Å². The molecule has 1 rings (SSSR count). The average Bonchev–Trinajstić information content (AvgIpc) is 2.32. The summed E-state index contributed by atoms with van der Waals surface area (Å²) >= 11 is 0. The molecule has 0 saturated carbocycles. The second kappa shape index (κ2) is 7.39. The number of methoxy groups -OCH3 is 1. The molecule has 102 valence electrons. The Morgan fingerprint density at radius 3 is 2.50 bits per heavy atom. The number of ether oxygens (including phenoxy) is 2. The van der Waals surface area contributed by atoms with Crippen LogP contribution in [-0.2, 0) is 4.74 Å². The van der Waals surface area contributed by atoms with Gasteiger partial charge in [-0.25, -0.2) is 0 Å². The third-order valence-electron chi connectivity index (χ3n) is 3.06. The molecule has 0 aliphatic carbocycles. The van der Waals surface area contributed by atoms with Crippen molar-refractivity contribution < 1.29 is 9.47 Å². The summed E-state index contributed by atoms with van der Waals surface area (Å²) in [7, 11) is 1.71. The summed E-state index contributed by atoms with van der Waals surface area (Å²) in [6.45, 7) is 10.6. The number of benzene rings is 1. The van der Waals surface area contributed by atoms with E-state index in [9.17, 15) is 0 Å². The summed E-state index contributed by atoms with van der Waals surface area (Å²) in [5, 5.41) is 3.35. The molecule has 0 saturated heterocycles. The van der Waals surface area contributed by atoms with Crippen LogP contribution in [0.1, 0.15) is 23.6 Å². The van der Waals surface area contributed by atoms with Crippen LogP contribution in [-0.4, -0.2) is 32.9 Å². The van der Waals surface area contributed by atoms with Crippen molar-refractivity contribution in [3.8, 4) is 5.75 Å². The second-order valence-corrected chi connectivity index (χ2v) is 4.73. The molecule has 0 bridgehead atoms. The van der Waals surface area contributed by atoms with Gasteiger partial charge in [0.2, 0.25) is 0 Å². The maximum atomic E-state index is 5.92. The van der Waals surface area contributed by atoms with Crippen molar-refractivity contribution in [2.75, 3.05) is 26.9 Å². The van der Waals surface area contributed by atoms with Gasteiger partial charge in [-0.05, 0) is 50.1 Å². The van der Waals surface area contributed by atoms with E-state index in [1.165, 1.54) is 16.7 Å². The largest absolute Gasteiger partial charge is 0.492 e. The molecule has 3 nitrogen and oxygen atoms in total. The third kappa shape index (κ3) is 4.31. The van der Waals surface area contributed by atoms with Crippen molar-refractivity contribution in [1.82, 2.24) is 5.32 Å². The maximum Gasteiger partial charge on any atom is 0.122 e. The van der Waals surface area contributed by atoms with Crippen molar-refractivity contribution >= 4 is 0 Å². The number of hydrogen-bond donors (Lipinski definition) is 1. The lowest BCUT2D eigenvalue weighted by Gasteiger charge is -2.19. The Bertz CT molecular complexity index is 371. The molecule has 1 unspecified atom stereocenters. The predicted octanol–water partition coefficient (Wildman–Crippen LogP) is 2.62. The van der Waals surface area contributed by atoms with E-state index in [1.54, 1.807) is 7.11 Å². The fourth-order valence-electron chi connectivity index (χ4n) is 2.00. The zero-order chi connectivity index (χ0) is 13.5. The van der Waals surface area contributed by atoms with Crippen LogP contribution < -0.4 is 10.1 Å². The highest BCUT2D eigenvalue weighted by Crippen LogP contribution is 2.23. The van der Waals surface area contributed by atoms with Gasteiger partial charge in [-0.1, -0.05) is 13.0 Å². The lowest BCUT2D eigenvalue weighted by molar-refractivity contribution is 0.136. The fourth-order valence-corrected chi connectivity index (χ4v) is 2.00. The normalized spacial score (nSPS) is 12.5. The van der Waals surface area contributed by atoms with Crippen molar-refractivity contribution in [2.45, 2.75) is 33.7 Å². The number of aryl methyl sites for hydroxylation is 2. The summed E-state index contributed by atoms with van der Waals surface area (Å²) in [6, 6.07) is 4.51. The Morgan fingerprint density at radius 1 is 1.17 bits per heavy atom. The van der Waals surface area contributed by atoms with Gasteiger partial charge >= 0.3 is 0 Å². The minimum absolute atomic E-state index is 0.236. The first-order chi connectivity index (χ1) is 8.58. The van der Waals surface area contributed by atoms with Crippen LogP contribution in [0.25, 0.3) is 0 Å². The zero-order valence-corrected chi connectivity index (χ0v) is 12.2. The Balaban J connectivity index is 2.66. The molecule has 0 amide bonds. The number of nitrogens with one attached hydrogen (secondary N) is 1. The monoisotopic (exact) mass is 251 g/mol. The first kappa shape index (κ1) is 15.0. The zero-order valence-electron chi connectivity index (χ0n) is 12.2. The molecule has 1 aromatic rings. The van der Waals surface area contributed by atoms with E-state index in [0.717, 1.165) is 12.3 Å². The summed E-state index contributed by atoms with van der Waals surface area (Å²) in [4.78, 5) is 0. The van der Waals surface area contributed by atoms with Gasteiger partial charge in [0.25, 0.3) is 0 Å². The van der Waals surface area contributed by atoms with Crippen molar-refractivity contribution in [3.05, 3.63) is 28.8 Å². The molecular formula is C15H25NO2.